The Labute approximate surface area is 106 Å². The summed E-state index contributed by atoms with van der Waals surface area (Å²) in [6, 6.07) is 18.3. The van der Waals surface area contributed by atoms with Crippen LogP contribution in [-0.2, 0) is 0 Å². The third-order valence-corrected chi connectivity index (χ3v) is 2.83. The largest absolute Gasteiger partial charge is 0.215 e. The van der Waals surface area contributed by atoms with E-state index in [0.29, 0.717) is 0 Å². The van der Waals surface area contributed by atoms with Gasteiger partial charge in [-0.2, -0.15) is 5.10 Å². The molecule has 0 unspecified atom stereocenters. The summed E-state index contributed by atoms with van der Waals surface area (Å²) in [5.41, 5.74) is 3.31. The number of aryl methyl sites for hydroxylation is 1. The molecule has 1 aromatic heterocycles. The minimum Gasteiger partial charge on any atom is -0.215 e. The summed E-state index contributed by atoms with van der Waals surface area (Å²) in [6.45, 7) is 2.07. The summed E-state index contributed by atoms with van der Waals surface area (Å²) >= 11 is 0. The Morgan fingerprint density at radius 3 is 2.56 bits per heavy atom. The van der Waals surface area contributed by atoms with E-state index >= 15 is 0 Å². The van der Waals surface area contributed by atoms with Crippen molar-refractivity contribution in [3.8, 4) is 17.1 Å². The summed E-state index contributed by atoms with van der Waals surface area (Å²) in [5.74, 6) is 0.862. The molecule has 0 fully saturated rings. The van der Waals surface area contributed by atoms with Gasteiger partial charge in [0.1, 0.15) is 6.33 Å². The molecule has 2 aromatic carbocycles. The average molecular weight is 235 g/mol. The zero-order valence-corrected chi connectivity index (χ0v) is 10.1. The van der Waals surface area contributed by atoms with E-state index in [1.54, 1.807) is 6.33 Å². The molecule has 3 rings (SSSR count). The van der Waals surface area contributed by atoms with E-state index in [0.717, 1.165) is 17.1 Å². The highest BCUT2D eigenvalue weighted by Gasteiger charge is 2.08. The molecule has 0 saturated carbocycles. The van der Waals surface area contributed by atoms with Gasteiger partial charge in [-0.1, -0.05) is 42.5 Å². The Hall–Kier alpha value is -2.42. The molecule has 3 aromatic rings. The fourth-order valence-corrected chi connectivity index (χ4v) is 1.97. The maximum atomic E-state index is 4.34. The monoisotopic (exact) mass is 235 g/mol. The maximum Gasteiger partial charge on any atom is 0.163 e. The SMILES string of the molecule is Cc1cccc(-n2ncnc2-c2ccccc2)c1. The predicted octanol–water partition coefficient (Wildman–Crippen LogP) is 3.24. The second-order valence-corrected chi connectivity index (χ2v) is 4.20. The van der Waals surface area contributed by atoms with Crippen LogP contribution in [0.5, 0.6) is 0 Å². The van der Waals surface area contributed by atoms with Crippen molar-refractivity contribution >= 4 is 0 Å². The van der Waals surface area contributed by atoms with E-state index in [-0.39, 0.29) is 0 Å². The molecule has 0 saturated heterocycles. The van der Waals surface area contributed by atoms with E-state index in [1.807, 2.05) is 47.1 Å². The third-order valence-electron chi connectivity index (χ3n) is 2.83. The van der Waals surface area contributed by atoms with Crippen molar-refractivity contribution in [1.82, 2.24) is 14.8 Å². The summed E-state index contributed by atoms with van der Waals surface area (Å²) < 4.78 is 1.86. The minimum atomic E-state index is 0.862. The molecular weight excluding hydrogens is 222 g/mol. The van der Waals surface area contributed by atoms with E-state index < -0.39 is 0 Å². The number of hydrogen-bond donors (Lipinski definition) is 0. The Kier molecular flexibility index (Phi) is 2.65. The first-order valence-electron chi connectivity index (χ1n) is 5.87. The van der Waals surface area contributed by atoms with Crippen LogP contribution in [0.4, 0.5) is 0 Å². The normalized spacial score (nSPS) is 10.5. The topological polar surface area (TPSA) is 30.7 Å². The highest BCUT2D eigenvalue weighted by Crippen LogP contribution is 2.19. The molecule has 18 heavy (non-hydrogen) atoms. The molecule has 0 aliphatic carbocycles. The first-order valence-corrected chi connectivity index (χ1v) is 5.87. The summed E-state index contributed by atoms with van der Waals surface area (Å²) in [4.78, 5) is 4.34. The number of benzene rings is 2. The lowest BCUT2D eigenvalue weighted by atomic mass is 10.2. The van der Waals surface area contributed by atoms with Gasteiger partial charge in [-0.15, -0.1) is 0 Å². The number of rotatable bonds is 2. The molecule has 3 heteroatoms. The lowest BCUT2D eigenvalue weighted by molar-refractivity contribution is 0.886. The smallest absolute Gasteiger partial charge is 0.163 e. The minimum absolute atomic E-state index is 0.862. The van der Waals surface area contributed by atoms with Gasteiger partial charge in [0.15, 0.2) is 5.82 Å². The van der Waals surface area contributed by atoms with Crippen molar-refractivity contribution in [1.29, 1.82) is 0 Å². The van der Waals surface area contributed by atoms with Gasteiger partial charge in [0, 0.05) is 5.56 Å². The van der Waals surface area contributed by atoms with Crippen LogP contribution in [0.2, 0.25) is 0 Å². The van der Waals surface area contributed by atoms with E-state index in [2.05, 4.69) is 29.1 Å². The van der Waals surface area contributed by atoms with Gasteiger partial charge < -0.3 is 0 Å². The lowest BCUT2D eigenvalue weighted by Crippen LogP contribution is -1.99. The molecule has 3 nitrogen and oxygen atoms in total. The van der Waals surface area contributed by atoms with Gasteiger partial charge in [0.05, 0.1) is 5.69 Å². The fraction of sp³-hybridized carbons (Fsp3) is 0.0667. The summed E-state index contributed by atoms with van der Waals surface area (Å²) in [5, 5.41) is 4.31. The number of nitrogens with zero attached hydrogens (tertiary/aromatic N) is 3. The van der Waals surface area contributed by atoms with Crippen molar-refractivity contribution in [2.75, 3.05) is 0 Å². The van der Waals surface area contributed by atoms with Gasteiger partial charge >= 0.3 is 0 Å². The van der Waals surface area contributed by atoms with Gasteiger partial charge in [-0.25, -0.2) is 9.67 Å². The number of aromatic nitrogens is 3. The Morgan fingerprint density at radius 2 is 1.78 bits per heavy atom. The van der Waals surface area contributed by atoms with Crippen molar-refractivity contribution in [3.05, 3.63) is 66.5 Å². The molecule has 0 aliphatic heterocycles. The van der Waals surface area contributed by atoms with Gasteiger partial charge in [0.25, 0.3) is 0 Å². The molecular formula is C15H13N3. The Balaban J connectivity index is 2.13. The van der Waals surface area contributed by atoms with Crippen LogP contribution < -0.4 is 0 Å². The van der Waals surface area contributed by atoms with Crippen LogP contribution in [-0.4, -0.2) is 14.8 Å². The van der Waals surface area contributed by atoms with Crippen molar-refractivity contribution < 1.29 is 0 Å². The predicted molar refractivity (Wildman–Crippen MR) is 71.5 cm³/mol. The molecule has 0 spiro atoms. The molecule has 0 radical (unpaired) electrons. The quantitative estimate of drug-likeness (QED) is 0.682. The van der Waals surface area contributed by atoms with Crippen LogP contribution in [0.3, 0.4) is 0 Å². The molecule has 88 valence electrons. The Morgan fingerprint density at radius 1 is 0.944 bits per heavy atom. The molecule has 0 amide bonds. The van der Waals surface area contributed by atoms with Crippen molar-refractivity contribution in [3.63, 3.8) is 0 Å². The standard InChI is InChI=1S/C15H13N3/c1-12-6-5-9-14(10-12)18-15(16-11-17-18)13-7-3-2-4-8-13/h2-11H,1H3. The number of hydrogen-bond acceptors (Lipinski definition) is 2. The van der Waals surface area contributed by atoms with Crippen LogP contribution in [0.25, 0.3) is 17.1 Å². The summed E-state index contributed by atoms with van der Waals surface area (Å²) in [6.07, 6.45) is 1.59. The van der Waals surface area contributed by atoms with Crippen molar-refractivity contribution in [2.45, 2.75) is 6.92 Å². The van der Waals surface area contributed by atoms with Gasteiger partial charge in [-0.05, 0) is 24.6 Å². The van der Waals surface area contributed by atoms with Crippen LogP contribution in [0, 0.1) is 6.92 Å². The lowest BCUT2D eigenvalue weighted by Gasteiger charge is -2.06. The fourth-order valence-electron chi connectivity index (χ4n) is 1.97. The molecule has 1 heterocycles. The highest BCUT2D eigenvalue weighted by atomic mass is 15.3. The summed E-state index contributed by atoms with van der Waals surface area (Å²) in [7, 11) is 0. The van der Waals surface area contributed by atoms with E-state index in [4.69, 9.17) is 0 Å². The second kappa shape index (κ2) is 4.45. The van der Waals surface area contributed by atoms with E-state index in [1.165, 1.54) is 5.56 Å². The van der Waals surface area contributed by atoms with Gasteiger partial charge in [0.2, 0.25) is 0 Å². The first-order chi connectivity index (χ1) is 8.84. The maximum absolute atomic E-state index is 4.34. The van der Waals surface area contributed by atoms with Gasteiger partial charge in [-0.3, -0.25) is 0 Å². The molecule has 0 atom stereocenters. The average Bonchev–Trinajstić information content (AvgIpc) is 2.89. The molecule has 0 N–H and O–H groups in total. The van der Waals surface area contributed by atoms with Crippen LogP contribution in [0.1, 0.15) is 5.56 Å². The van der Waals surface area contributed by atoms with E-state index in [9.17, 15) is 0 Å². The second-order valence-electron chi connectivity index (χ2n) is 4.20. The third kappa shape index (κ3) is 1.91. The zero-order chi connectivity index (χ0) is 12.4. The highest BCUT2D eigenvalue weighted by molar-refractivity contribution is 5.57. The van der Waals surface area contributed by atoms with Crippen LogP contribution >= 0.6 is 0 Å². The molecule has 0 bridgehead atoms. The first kappa shape index (κ1) is 10.7. The van der Waals surface area contributed by atoms with Crippen LogP contribution in [0.15, 0.2) is 60.9 Å². The van der Waals surface area contributed by atoms with Crippen molar-refractivity contribution in [2.24, 2.45) is 0 Å². The zero-order valence-electron chi connectivity index (χ0n) is 10.1. The molecule has 0 aliphatic rings. The Bertz CT molecular complexity index is 656.